The van der Waals surface area contributed by atoms with Crippen molar-refractivity contribution in [3.63, 3.8) is 0 Å². The fourth-order valence-corrected chi connectivity index (χ4v) is 10.5. The Balaban J connectivity index is 0.784. The van der Waals surface area contributed by atoms with Gasteiger partial charge in [-0.3, -0.25) is 19.3 Å². The lowest BCUT2D eigenvalue weighted by Gasteiger charge is -2.38. The number of aryl methyl sites for hydroxylation is 1. The van der Waals surface area contributed by atoms with Gasteiger partial charge >= 0.3 is 0 Å². The van der Waals surface area contributed by atoms with Crippen LogP contribution < -0.4 is 14.5 Å². The van der Waals surface area contributed by atoms with Crippen molar-refractivity contribution in [2.24, 2.45) is 5.92 Å². The highest BCUT2D eigenvalue weighted by Gasteiger charge is 2.41. The number of nitrogens with zero attached hydrogens (tertiary/aromatic N) is 4. The normalized spacial score (nSPS) is 23.0. The fourth-order valence-electron chi connectivity index (χ4n) is 10.5. The molecule has 2 saturated heterocycles. The molecule has 1 unspecified atom stereocenters. The maximum absolute atomic E-state index is 16.1. The number of hydrogen-bond donors (Lipinski definition) is 1. The fraction of sp³-hybridized carbons (Fsp3) is 0.438. The number of piperidine rings is 1. The third-order valence-corrected chi connectivity index (χ3v) is 13.7. The van der Waals surface area contributed by atoms with Crippen molar-refractivity contribution in [1.29, 1.82) is 0 Å². The van der Waals surface area contributed by atoms with E-state index < -0.39 is 6.04 Å². The Morgan fingerprint density at radius 1 is 0.776 bits per heavy atom. The summed E-state index contributed by atoms with van der Waals surface area (Å²) in [6, 6.07) is 25.6. The number of rotatable bonds is 9. The molecule has 302 valence electrons. The van der Waals surface area contributed by atoms with Crippen LogP contribution in [0.25, 0.3) is 0 Å². The van der Waals surface area contributed by atoms with E-state index in [1.165, 1.54) is 11.1 Å². The van der Waals surface area contributed by atoms with Gasteiger partial charge in [-0.25, -0.2) is 4.39 Å². The Morgan fingerprint density at radius 3 is 2.31 bits per heavy atom. The van der Waals surface area contributed by atoms with E-state index in [1.54, 1.807) is 24.1 Å². The van der Waals surface area contributed by atoms with E-state index >= 15 is 4.39 Å². The number of phenols is 1. The molecule has 9 nitrogen and oxygen atoms in total. The molecule has 58 heavy (non-hydrogen) atoms. The first-order valence-corrected chi connectivity index (χ1v) is 21.2. The summed E-state index contributed by atoms with van der Waals surface area (Å²) in [6.07, 6.45) is 5.68. The molecular weight excluding hydrogens is 732 g/mol. The highest BCUT2D eigenvalue weighted by atomic mass is 19.1. The molecule has 5 aliphatic rings. The SMILES string of the molecule is COc1cc(N2CCN(CCC3CCN(c4ccc([C@@H]5c6ccc(O)cc6CC[C@@H]5c5ccccc5)cc4F)CC3)CC2)cc2c1C(=O)N(C1CCC(=O)CC1=O)C2. The van der Waals surface area contributed by atoms with Gasteiger partial charge in [0.2, 0.25) is 0 Å². The molecule has 3 heterocycles. The number of piperazine rings is 1. The van der Waals surface area contributed by atoms with E-state index in [-0.39, 0.29) is 47.3 Å². The summed E-state index contributed by atoms with van der Waals surface area (Å²) in [5, 5.41) is 10.2. The first kappa shape index (κ1) is 38.3. The van der Waals surface area contributed by atoms with E-state index in [0.29, 0.717) is 42.3 Å². The maximum Gasteiger partial charge on any atom is 0.258 e. The Kier molecular flexibility index (Phi) is 10.7. The highest BCUT2D eigenvalue weighted by Crippen LogP contribution is 2.48. The molecule has 3 atom stereocenters. The summed E-state index contributed by atoms with van der Waals surface area (Å²) in [7, 11) is 1.58. The second kappa shape index (κ2) is 16.2. The van der Waals surface area contributed by atoms with E-state index in [0.717, 1.165) is 100 Å². The van der Waals surface area contributed by atoms with Crippen LogP contribution in [0.4, 0.5) is 15.8 Å². The summed E-state index contributed by atoms with van der Waals surface area (Å²) < 4.78 is 21.8. The Morgan fingerprint density at radius 2 is 1.57 bits per heavy atom. The van der Waals surface area contributed by atoms with Crippen LogP contribution >= 0.6 is 0 Å². The quantitative estimate of drug-likeness (QED) is 0.175. The standard InChI is InChI=1S/C48H53FN4O5/c1-58-45-28-36(25-35-30-53(48(57)47(35)45)43-14-10-38(55)29-44(43)56)51-23-21-50(22-24-51)18-15-31-16-19-52(20-17-31)42-13-8-34(27-41(42)49)46-39(32-5-3-2-4-6-32)11-7-33-26-37(54)9-12-40(33)46/h2-6,8-9,12-13,25-28,31,39,43,46,54H,7,10-11,14-24,29-30H2,1H3/t39-,43?,46+/m1/s1. The van der Waals surface area contributed by atoms with E-state index in [9.17, 15) is 19.5 Å². The molecular formula is C48H53FN4O5. The zero-order chi connectivity index (χ0) is 39.9. The topological polar surface area (TPSA) is 93.6 Å². The smallest absolute Gasteiger partial charge is 0.258 e. The van der Waals surface area contributed by atoms with Crippen LogP contribution in [0.3, 0.4) is 0 Å². The van der Waals surface area contributed by atoms with Gasteiger partial charge in [0.1, 0.15) is 23.1 Å². The van der Waals surface area contributed by atoms with Crippen molar-refractivity contribution in [2.75, 3.05) is 62.7 Å². The molecule has 10 heteroatoms. The van der Waals surface area contributed by atoms with Gasteiger partial charge in [-0.15, -0.1) is 0 Å². The van der Waals surface area contributed by atoms with Gasteiger partial charge < -0.3 is 24.5 Å². The van der Waals surface area contributed by atoms with Crippen LogP contribution in [0.15, 0.2) is 78.9 Å². The third-order valence-electron chi connectivity index (χ3n) is 13.7. The van der Waals surface area contributed by atoms with Gasteiger partial charge in [-0.2, -0.15) is 0 Å². The van der Waals surface area contributed by atoms with Gasteiger partial charge in [-0.05, 0) is 115 Å². The number of ether oxygens (including phenoxy) is 1. The number of benzene rings is 4. The van der Waals surface area contributed by atoms with Crippen molar-refractivity contribution in [2.45, 2.75) is 75.8 Å². The lowest BCUT2D eigenvalue weighted by Crippen LogP contribution is -2.47. The number of phenolic OH excluding ortho intramolecular Hbond substituents is 1. The zero-order valence-corrected chi connectivity index (χ0v) is 33.4. The number of hydrogen-bond acceptors (Lipinski definition) is 8. The van der Waals surface area contributed by atoms with Crippen LogP contribution in [0.2, 0.25) is 0 Å². The molecule has 0 aromatic heterocycles. The van der Waals surface area contributed by atoms with Crippen molar-refractivity contribution in [3.8, 4) is 11.5 Å². The molecule has 1 N–H and O–H groups in total. The van der Waals surface area contributed by atoms with Crippen LogP contribution in [-0.2, 0) is 22.6 Å². The number of halogens is 1. The van der Waals surface area contributed by atoms with E-state index in [1.807, 2.05) is 30.3 Å². The highest BCUT2D eigenvalue weighted by molar-refractivity contribution is 6.08. The minimum absolute atomic E-state index is 0.0182. The number of ketones is 2. The lowest BCUT2D eigenvalue weighted by atomic mass is 9.69. The molecule has 9 rings (SSSR count). The second-order valence-corrected chi connectivity index (χ2v) is 17.0. The predicted molar refractivity (Wildman–Crippen MR) is 223 cm³/mol. The number of fused-ring (bicyclic) bond motifs is 2. The van der Waals surface area contributed by atoms with Crippen LogP contribution in [0, 0.1) is 11.7 Å². The molecule has 4 aromatic rings. The van der Waals surface area contributed by atoms with Crippen molar-refractivity contribution >= 4 is 28.8 Å². The van der Waals surface area contributed by atoms with Gasteiger partial charge in [0.15, 0.2) is 5.78 Å². The molecule has 0 spiro atoms. The maximum atomic E-state index is 16.1. The van der Waals surface area contributed by atoms with E-state index in [2.05, 4.69) is 51.1 Å². The summed E-state index contributed by atoms with van der Waals surface area (Å²) in [5.74, 6) is 1.11. The number of methoxy groups -OCH3 is 1. The molecule has 3 aliphatic heterocycles. The summed E-state index contributed by atoms with van der Waals surface area (Å²) in [5.41, 5.74) is 7.70. The Labute approximate surface area is 340 Å². The number of carbonyl (C=O) groups is 3. The molecule has 0 radical (unpaired) electrons. The third kappa shape index (κ3) is 7.47. The van der Waals surface area contributed by atoms with Gasteiger partial charge in [0.25, 0.3) is 5.91 Å². The largest absolute Gasteiger partial charge is 0.508 e. The van der Waals surface area contributed by atoms with Crippen molar-refractivity contribution in [1.82, 2.24) is 9.80 Å². The summed E-state index contributed by atoms with van der Waals surface area (Å²) in [4.78, 5) is 46.7. The van der Waals surface area contributed by atoms with Gasteiger partial charge in [0.05, 0.1) is 30.8 Å². The molecule has 3 fully saturated rings. The number of amides is 1. The average molecular weight is 785 g/mol. The number of aromatic hydroxyl groups is 1. The first-order chi connectivity index (χ1) is 28.2. The number of Topliss-reactive ketones (excluding diaryl/α,β-unsaturated/α-hetero) is 2. The molecule has 4 aromatic carbocycles. The van der Waals surface area contributed by atoms with Crippen molar-refractivity contribution < 1.29 is 28.6 Å². The monoisotopic (exact) mass is 784 g/mol. The number of carbonyl (C=O) groups excluding carboxylic acids is 3. The Hall–Kier alpha value is -5.22. The lowest BCUT2D eigenvalue weighted by molar-refractivity contribution is -0.133. The molecule has 1 saturated carbocycles. The molecule has 1 amide bonds. The first-order valence-electron chi connectivity index (χ1n) is 21.2. The second-order valence-electron chi connectivity index (χ2n) is 17.0. The minimum atomic E-state index is -0.550. The predicted octanol–water partition coefficient (Wildman–Crippen LogP) is 7.48. The van der Waals surface area contributed by atoms with Crippen molar-refractivity contribution in [3.05, 3.63) is 118 Å². The minimum Gasteiger partial charge on any atom is -0.508 e. The summed E-state index contributed by atoms with van der Waals surface area (Å²) >= 11 is 0. The zero-order valence-electron chi connectivity index (χ0n) is 33.4. The molecule has 0 bridgehead atoms. The van der Waals surface area contributed by atoms with Crippen LogP contribution in [0.5, 0.6) is 11.5 Å². The van der Waals surface area contributed by atoms with Crippen LogP contribution in [0.1, 0.15) is 95.0 Å². The average Bonchev–Trinajstić information content (AvgIpc) is 3.58. The van der Waals surface area contributed by atoms with Crippen LogP contribution in [-0.4, -0.2) is 91.3 Å². The summed E-state index contributed by atoms with van der Waals surface area (Å²) in [6.45, 7) is 6.73. The number of anilines is 2. The Bertz CT molecular complexity index is 2200. The van der Waals surface area contributed by atoms with Gasteiger partial charge in [-0.1, -0.05) is 42.5 Å². The van der Waals surface area contributed by atoms with Gasteiger partial charge in [0, 0.05) is 69.9 Å². The van der Waals surface area contributed by atoms with E-state index in [4.69, 9.17) is 4.74 Å². The molecule has 2 aliphatic carbocycles.